The predicted octanol–water partition coefficient (Wildman–Crippen LogP) is 2.50. The third-order valence-electron chi connectivity index (χ3n) is 3.26. The molecule has 1 aliphatic heterocycles. The highest BCUT2D eigenvalue weighted by molar-refractivity contribution is 7.80. The third kappa shape index (κ3) is 2.92. The molecule has 1 fully saturated rings. The van der Waals surface area contributed by atoms with Gasteiger partial charge in [-0.15, -0.1) is 0 Å². The van der Waals surface area contributed by atoms with E-state index in [9.17, 15) is 5.11 Å². The van der Waals surface area contributed by atoms with Crippen LogP contribution in [0.2, 0.25) is 0 Å². The molecule has 0 bridgehead atoms. The first-order valence-corrected chi connectivity index (χ1v) is 6.55. The largest absolute Gasteiger partial charge is 0.508 e. The van der Waals surface area contributed by atoms with Gasteiger partial charge in [0.05, 0.1) is 0 Å². The van der Waals surface area contributed by atoms with Gasteiger partial charge in [-0.2, -0.15) is 12.6 Å². The number of nitrogens with zero attached hydrogens (tertiary/aromatic N) is 1. The molecule has 3 heteroatoms. The molecular formula is C13H19NOS. The third-order valence-corrected chi connectivity index (χ3v) is 3.46. The number of rotatable bonds is 3. The minimum atomic E-state index is 0.379. The number of hydrogen-bond donors (Lipinski definition) is 2. The summed E-state index contributed by atoms with van der Waals surface area (Å²) in [6.07, 6.45) is 2.47. The monoisotopic (exact) mass is 237 g/mol. The van der Waals surface area contributed by atoms with E-state index in [0.717, 1.165) is 18.8 Å². The van der Waals surface area contributed by atoms with Crippen LogP contribution in [0.25, 0.3) is 0 Å². The molecule has 0 aliphatic carbocycles. The summed E-state index contributed by atoms with van der Waals surface area (Å²) in [6, 6.07) is 7.68. The van der Waals surface area contributed by atoms with Crippen LogP contribution in [0.3, 0.4) is 0 Å². The highest BCUT2D eigenvalue weighted by Crippen LogP contribution is 2.28. The van der Waals surface area contributed by atoms with E-state index in [-0.39, 0.29) is 0 Å². The second kappa shape index (κ2) is 5.60. The summed E-state index contributed by atoms with van der Waals surface area (Å²) in [5.41, 5.74) is 1.27. The second-order valence-corrected chi connectivity index (χ2v) is 4.91. The maximum atomic E-state index is 9.49. The minimum absolute atomic E-state index is 0.379. The lowest BCUT2D eigenvalue weighted by molar-refractivity contribution is 0.219. The molecular weight excluding hydrogens is 218 g/mol. The molecule has 1 saturated heterocycles. The Labute approximate surface area is 103 Å². The fraction of sp³-hybridized carbons (Fsp3) is 0.538. The summed E-state index contributed by atoms with van der Waals surface area (Å²) >= 11 is 4.28. The Morgan fingerprint density at radius 1 is 1.44 bits per heavy atom. The predicted molar refractivity (Wildman–Crippen MR) is 70.4 cm³/mol. The summed E-state index contributed by atoms with van der Waals surface area (Å²) in [5, 5.41) is 9.49. The van der Waals surface area contributed by atoms with Gasteiger partial charge in [0.1, 0.15) is 5.75 Å². The minimum Gasteiger partial charge on any atom is -0.508 e. The highest BCUT2D eigenvalue weighted by Gasteiger charge is 2.20. The van der Waals surface area contributed by atoms with Crippen LogP contribution in [-0.4, -0.2) is 35.4 Å². The van der Waals surface area contributed by atoms with E-state index in [2.05, 4.69) is 23.6 Å². The summed E-state index contributed by atoms with van der Waals surface area (Å²) in [4.78, 5) is 2.46. The zero-order chi connectivity index (χ0) is 11.4. The normalized spacial score (nSPS) is 22.2. The molecule has 1 aromatic rings. The summed E-state index contributed by atoms with van der Waals surface area (Å²) in [6.45, 7) is 3.36. The smallest absolute Gasteiger partial charge is 0.115 e. The van der Waals surface area contributed by atoms with Crippen molar-refractivity contribution in [1.29, 1.82) is 0 Å². The van der Waals surface area contributed by atoms with Crippen LogP contribution in [-0.2, 0) is 0 Å². The Hall–Kier alpha value is -0.670. The molecule has 2 rings (SSSR count). The van der Waals surface area contributed by atoms with Gasteiger partial charge in [-0.05, 0) is 43.0 Å². The zero-order valence-electron chi connectivity index (χ0n) is 9.47. The first-order valence-electron chi connectivity index (χ1n) is 5.92. The molecule has 1 aliphatic rings. The molecule has 1 heterocycles. The van der Waals surface area contributed by atoms with Crippen molar-refractivity contribution < 1.29 is 5.11 Å². The lowest BCUT2D eigenvalue weighted by atomic mass is 9.90. The lowest BCUT2D eigenvalue weighted by Crippen LogP contribution is -2.35. The number of hydrogen-bond acceptors (Lipinski definition) is 3. The Morgan fingerprint density at radius 3 is 3.06 bits per heavy atom. The van der Waals surface area contributed by atoms with Crippen LogP contribution in [0.15, 0.2) is 24.3 Å². The highest BCUT2D eigenvalue weighted by atomic mass is 32.1. The van der Waals surface area contributed by atoms with Gasteiger partial charge in [-0.1, -0.05) is 12.1 Å². The van der Waals surface area contributed by atoms with Gasteiger partial charge < -0.3 is 10.0 Å². The van der Waals surface area contributed by atoms with Gasteiger partial charge >= 0.3 is 0 Å². The Balaban J connectivity index is 2.03. The Morgan fingerprint density at radius 2 is 2.31 bits per heavy atom. The molecule has 1 N–H and O–H groups in total. The Bertz CT molecular complexity index is 340. The van der Waals surface area contributed by atoms with E-state index < -0.39 is 0 Å². The van der Waals surface area contributed by atoms with Crippen LogP contribution < -0.4 is 0 Å². The zero-order valence-corrected chi connectivity index (χ0v) is 10.4. The molecule has 0 saturated carbocycles. The van der Waals surface area contributed by atoms with Crippen LogP contribution in [0, 0.1) is 0 Å². The second-order valence-electron chi connectivity index (χ2n) is 4.46. The van der Waals surface area contributed by atoms with Gasteiger partial charge in [0.2, 0.25) is 0 Å². The standard InChI is InChI=1S/C13H19NOS/c15-13-5-1-3-11(9-13)12-4-2-6-14(10-12)7-8-16/h1,3,5,9,12,15-16H,2,4,6-8,10H2. The van der Waals surface area contributed by atoms with Gasteiger partial charge in [0.25, 0.3) is 0 Å². The van der Waals surface area contributed by atoms with Crippen LogP contribution in [0.5, 0.6) is 5.75 Å². The first-order chi connectivity index (χ1) is 7.79. The van der Waals surface area contributed by atoms with Crippen molar-refractivity contribution in [3.8, 4) is 5.75 Å². The number of piperidine rings is 1. The SMILES string of the molecule is Oc1cccc(C2CCCN(CCS)C2)c1. The summed E-state index contributed by atoms with van der Waals surface area (Å²) in [5.74, 6) is 1.87. The molecule has 0 aromatic heterocycles. The van der Waals surface area contributed by atoms with Crippen LogP contribution in [0.1, 0.15) is 24.3 Å². The molecule has 0 amide bonds. The summed E-state index contributed by atoms with van der Waals surface area (Å²) in [7, 11) is 0. The van der Waals surface area contributed by atoms with E-state index >= 15 is 0 Å². The molecule has 0 radical (unpaired) electrons. The van der Waals surface area contributed by atoms with E-state index in [1.165, 1.54) is 24.9 Å². The Kier molecular flexibility index (Phi) is 4.13. The number of benzene rings is 1. The number of aromatic hydroxyl groups is 1. The van der Waals surface area contributed by atoms with Crippen molar-refractivity contribution in [3.63, 3.8) is 0 Å². The topological polar surface area (TPSA) is 23.5 Å². The number of phenols is 1. The van der Waals surface area contributed by atoms with Crippen LogP contribution >= 0.6 is 12.6 Å². The average molecular weight is 237 g/mol. The van der Waals surface area contributed by atoms with Gasteiger partial charge in [-0.25, -0.2) is 0 Å². The summed E-state index contributed by atoms with van der Waals surface area (Å²) < 4.78 is 0. The quantitative estimate of drug-likeness (QED) is 0.789. The molecule has 2 nitrogen and oxygen atoms in total. The molecule has 1 unspecified atom stereocenters. The molecule has 1 aromatic carbocycles. The lowest BCUT2D eigenvalue weighted by Gasteiger charge is -2.32. The van der Waals surface area contributed by atoms with Crippen molar-refractivity contribution in [2.75, 3.05) is 25.4 Å². The maximum absolute atomic E-state index is 9.49. The van der Waals surface area contributed by atoms with Gasteiger partial charge in [-0.3, -0.25) is 0 Å². The van der Waals surface area contributed by atoms with Gasteiger partial charge in [0.15, 0.2) is 0 Å². The van der Waals surface area contributed by atoms with Crippen molar-refractivity contribution in [1.82, 2.24) is 4.90 Å². The average Bonchev–Trinajstić information content (AvgIpc) is 2.30. The van der Waals surface area contributed by atoms with Crippen LogP contribution in [0.4, 0.5) is 0 Å². The van der Waals surface area contributed by atoms with Crippen molar-refractivity contribution >= 4 is 12.6 Å². The fourth-order valence-corrected chi connectivity index (χ4v) is 2.73. The van der Waals surface area contributed by atoms with Crippen molar-refractivity contribution in [3.05, 3.63) is 29.8 Å². The molecule has 1 atom stereocenters. The molecule has 16 heavy (non-hydrogen) atoms. The molecule has 0 spiro atoms. The van der Waals surface area contributed by atoms with E-state index in [4.69, 9.17) is 0 Å². The van der Waals surface area contributed by atoms with E-state index in [1.54, 1.807) is 6.07 Å². The van der Waals surface area contributed by atoms with Crippen molar-refractivity contribution in [2.24, 2.45) is 0 Å². The molecule has 88 valence electrons. The van der Waals surface area contributed by atoms with E-state index in [0.29, 0.717) is 11.7 Å². The van der Waals surface area contributed by atoms with E-state index in [1.807, 2.05) is 12.1 Å². The van der Waals surface area contributed by atoms with Gasteiger partial charge in [0, 0.05) is 18.8 Å². The number of thiol groups is 1. The fourth-order valence-electron chi connectivity index (χ4n) is 2.45. The maximum Gasteiger partial charge on any atom is 0.115 e. The number of phenolic OH excluding ortho intramolecular Hbond substituents is 1. The van der Waals surface area contributed by atoms with Crippen molar-refractivity contribution in [2.45, 2.75) is 18.8 Å². The first kappa shape index (κ1) is 11.8. The number of likely N-dealkylation sites (tertiary alicyclic amines) is 1.